The number of carbonyl (C=O) groups excluding carboxylic acids is 1. The molecule has 0 heterocycles. The lowest BCUT2D eigenvalue weighted by Gasteiger charge is -2.10. The highest BCUT2D eigenvalue weighted by Crippen LogP contribution is 2.35. The van der Waals surface area contributed by atoms with E-state index in [-0.39, 0.29) is 5.91 Å². The van der Waals surface area contributed by atoms with Gasteiger partial charge in [0.05, 0.1) is 16.7 Å². The molecule has 0 aliphatic rings. The van der Waals surface area contributed by atoms with Crippen LogP contribution < -0.4 is 16.0 Å². The number of hydrogen-bond acceptors (Lipinski definition) is 3. The van der Waals surface area contributed by atoms with E-state index >= 15 is 0 Å². The van der Waals surface area contributed by atoms with Crippen LogP contribution in [-0.2, 0) is 4.79 Å². The zero-order valence-corrected chi connectivity index (χ0v) is 12.5. The zero-order chi connectivity index (χ0) is 14.3. The number of benzene rings is 1. The molecule has 0 bridgehead atoms. The van der Waals surface area contributed by atoms with Gasteiger partial charge in [0, 0.05) is 11.4 Å². The summed E-state index contributed by atoms with van der Waals surface area (Å²) >= 11 is 17.7. The van der Waals surface area contributed by atoms with Gasteiger partial charge in [0.1, 0.15) is 0 Å². The molecule has 1 rings (SSSR count). The minimum Gasteiger partial charge on any atom is -0.490 e. The van der Waals surface area contributed by atoms with Crippen LogP contribution in [0.15, 0.2) is 12.1 Å². The molecule has 1 amide bonds. The Morgan fingerprint density at radius 2 is 1.79 bits per heavy atom. The molecule has 0 aromatic heterocycles. The number of nitrogens with two attached hydrogens (primary N) is 1. The van der Waals surface area contributed by atoms with Gasteiger partial charge < -0.3 is 4.74 Å². The average Bonchev–Trinajstić information content (AvgIpc) is 2.35. The van der Waals surface area contributed by atoms with Crippen LogP contribution in [0, 0.1) is 0 Å². The average molecular weight is 326 g/mol. The number of nitrogens with one attached hydrogen (secondary N) is 1. The Kier molecular flexibility index (Phi) is 7.31. The fourth-order valence-corrected chi connectivity index (χ4v) is 2.40. The lowest BCUT2D eigenvalue weighted by atomic mass is 10.2. The van der Waals surface area contributed by atoms with E-state index in [4.69, 9.17) is 45.4 Å². The van der Waals surface area contributed by atoms with Gasteiger partial charge in [-0.15, -0.1) is 0 Å². The Balaban J connectivity index is 2.28. The molecule has 19 heavy (non-hydrogen) atoms. The monoisotopic (exact) mass is 324 g/mol. The second-order valence-corrected chi connectivity index (χ2v) is 5.18. The standard InChI is InChI=1S/C12H15Cl3N2O2/c13-8-6-9(14)12(10(15)7-8)19-5-3-1-2-4-11(18)17-16/h6-7H,1-5,16H2,(H,17,18). The summed E-state index contributed by atoms with van der Waals surface area (Å²) in [4.78, 5) is 10.9. The van der Waals surface area contributed by atoms with Crippen molar-refractivity contribution >= 4 is 40.7 Å². The van der Waals surface area contributed by atoms with Crippen molar-refractivity contribution in [1.82, 2.24) is 5.43 Å². The summed E-state index contributed by atoms with van der Waals surface area (Å²) < 4.78 is 5.51. The smallest absolute Gasteiger partial charge is 0.233 e. The van der Waals surface area contributed by atoms with Gasteiger partial charge >= 0.3 is 0 Å². The molecule has 0 unspecified atom stereocenters. The number of amides is 1. The van der Waals surface area contributed by atoms with Crippen LogP contribution in [0.2, 0.25) is 15.1 Å². The van der Waals surface area contributed by atoms with Gasteiger partial charge in [0.15, 0.2) is 5.75 Å². The van der Waals surface area contributed by atoms with E-state index in [0.717, 1.165) is 19.3 Å². The first kappa shape index (κ1) is 16.4. The van der Waals surface area contributed by atoms with Crippen LogP contribution >= 0.6 is 34.8 Å². The predicted molar refractivity (Wildman–Crippen MR) is 77.8 cm³/mol. The Morgan fingerprint density at radius 3 is 2.37 bits per heavy atom. The van der Waals surface area contributed by atoms with Crippen LogP contribution in [0.25, 0.3) is 0 Å². The fourth-order valence-electron chi connectivity index (χ4n) is 1.48. The minimum absolute atomic E-state index is 0.162. The molecule has 4 nitrogen and oxygen atoms in total. The van der Waals surface area contributed by atoms with Crippen LogP contribution in [0.4, 0.5) is 0 Å². The highest BCUT2D eigenvalue weighted by atomic mass is 35.5. The third kappa shape index (κ3) is 5.87. The van der Waals surface area contributed by atoms with Crippen molar-refractivity contribution in [3.8, 4) is 5.75 Å². The van der Waals surface area contributed by atoms with Crippen molar-refractivity contribution < 1.29 is 9.53 Å². The molecule has 0 saturated heterocycles. The van der Waals surface area contributed by atoms with Crippen LogP contribution in [-0.4, -0.2) is 12.5 Å². The summed E-state index contributed by atoms with van der Waals surface area (Å²) in [6.07, 6.45) is 2.83. The minimum atomic E-state index is -0.162. The van der Waals surface area contributed by atoms with Gasteiger partial charge in [-0.05, 0) is 31.4 Å². The largest absolute Gasteiger partial charge is 0.490 e. The number of halogens is 3. The third-order valence-electron chi connectivity index (χ3n) is 2.42. The highest BCUT2D eigenvalue weighted by molar-refractivity contribution is 6.40. The van der Waals surface area contributed by atoms with Crippen LogP contribution in [0.5, 0.6) is 5.75 Å². The van der Waals surface area contributed by atoms with Crippen LogP contribution in [0.1, 0.15) is 25.7 Å². The molecule has 1 aromatic rings. The van der Waals surface area contributed by atoms with Gasteiger partial charge in [0.25, 0.3) is 0 Å². The number of carbonyl (C=O) groups is 1. The lowest BCUT2D eigenvalue weighted by Crippen LogP contribution is -2.29. The second-order valence-electron chi connectivity index (χ2n) is 3.93. The van der Waals surface area contributed by atoms with Crippen molar-refractivity contribution in [1.29, 1.82) is 0 Å². The fraction of sp³-hybridized carbons (Fsp3) is 0.417. The van der Waals surface area contributed by atoms with E-state index in [1.165, 1.54) is 0 Å². The summed E-state index contributed by atoms with van der Waals surface area (Å²) in [6, 6.07) is 3.16. The normalized spacial score (nSPS) is 10.3. The van der Waals surface area contributed by atoms with E-state index in [1.807, 2.05) is 0 Å². The molecular formula is C12H15Cl3N2O2. The summed E-state index contributed by atoms with van der Waals surface area (Å²) in [6.45, 7) is 0.477. The summed E-state index contributed by atoms with van der Waals surface area (Å²) in [5.74, 6) is 5.25. The maximum atomic E-state index is 10.9. The van der Waals surface area contributed by atoms with Crippen molar-refractivity contribution in [2.75, 3.05) is 6.61 Å². The first-order chi connectivity index (χ1) is 9.04. The van der Waals surface area contributed by atoms with E-state index in [9.17, 15) is 4.79 Å². The third-order valence-corrected chi connectivity index (χ3v) is 3.20. The van der Waals surface area contributed by atoms with E-state index < -0.39 is 0 Å². The second kappa shape index (κ2) is 8.48. The first-order valence-electron chi connectivity index (χ1n) is 5.81. The van der Waals surface area contributed by atoms with E-state index in [0.29, 0.717) is 33.8 Å². The van der Waals surface area contributed by atoms with Crippen molar-refractivity contribution in [3.05, 3.63) is 27.2 Å². The van der Waals surface area contributed by atoms with Crippen molar-refractivity contribution in [3.63, 3.8) is 0 Å². The molecule has 0 fully saturated rings. The molecule has 0 atom stereocenters. The maximum absolute atomic E-state index is 10.9. The predicted octanol–water partition coefficient (Wildman–Crippen LogP) is 3.58. The zero-order valence-electron chi connectivity index (χ0n) is 10.2. The summed E-state index contributed by atoms with van der Waals surface area (Å²) in [5, 5.41) is 1.25. The molecule has 1 aromatic carbocycles. The van der Waals surface area contributed by atoms with Gasteiger partial charge in [-0.2, -0.15) is 0 Å². The number of ether oxygens (including phenoxy) is 1. The Bertz CT molecular complexity index is 418. The summed E-state index contributed by atoms with van der Waals surface area (Å²) in [7, 11) is 0. The molecule has 0 spiro atoms. The molecule has 0 saturated carbocycles. The van der Waals surface area contributed by atoms with E-state index in [1.54, 1.807) is 12.1 Å². The Morgan fingerprint density at radius 1 is 1.16 bits per heavy atom. The lowest BCUT2D eigenvalue weighted by molar-refractivity contribution is -0.121. The maximum Gasteiger partial charge on any atom is 0.233 e. The van der Waals surface area contributed by atoms with Crippen molar-refractivity contribution in [2.45, 2.75) is 25.7 Å². The first-order valence-corrected chi connectivity index (χ1v) is 6.94. The molecule has 0 aliphatic heterocycles. The topological polar surface area (TPSA) is 64.3 Å². The van der Waals surface area contributed by atoms with Gasteiger partial charge in [-0.1, -0.05) is 34.8 Å². The molecule has 0 radical (unpaired) electrons. The Labute approximate surface area is 127 Å². The molecular weight excluding hydrogens is 311 g/mol. The SMILES string of the molecule is NNC(=O)CCCCCOc1c(Cl)cc(Cl)cc1Cl. The number of rotatable bonds is 7. The number of hydrogen-bond donors (Lipinski definition) is 2. The van der Waals surface area contributed by atoms with E-state index in [2.05, 4.69) is 5.43 Å². The molecule has 3 N–H and O–H groups in total. The molecule has 0 aliphatic carbocycles. The molecule has 106 valence electrons. The van der Waals surface area contributed by atoms with Gasteiger partial charge in [-0.3, -0.25) is 10.2 Å². The Hall–Kier alpha value is -0.680. The van der Waals surface area contributed by atoms with Crippen LogP contribution in [0.3, 0.4) is 0 Å². The number of unbranched alkanes of at least 4 members (excludes halogenated alkanes) is 2. The van der Waals surface area contributed by atoms with Gasteiger partial charge in [-0.25, -0.2) is 5.84 Å². The highest BCUT2D eigenvalue weighted by Gasteiger charge is 2.08. The molecule has 7 heteroatoms. The van der Waals surface area contributed by atoms with Gasteiger partial charge in [0.2, 0.25) is 5.91 Å². The summed E-state index contributed by atoms with van der Waals surface area (Å²) in [5.41, 5.74) is 2.08. The number of hydrazine groups is 1. The van der Waals surface area contributed by atoms with Crippen molar-refractivity contribution in [2.24, 2.45) is 5.84 Å². The quantitative estimate of drug-likeness (QED) is 0.348.